The Bertz CT molecular complexity index is 308. The number of ether oxygens (including phenoxy) is 1. The van der Waals surface area contributed by atoms with Crippen molar-refractivity contribution in [1.82, 2.24) is 0 Å². The molecule has 0 bridgehead atoms. The molecular weight excluding hydrogens is 182 g/mol. The number of nitrogens with two attached hydrogens (primary N) is 1. The van der Waals surface area contributed by atoms with Crippen LogP contribution in [0.2, 0.25) is 0 Å². The zero-order valence-corrected chi connectivity index (χ0v) is 7.93. The highest BCUT2D eigenvalue weighted by Gasteiger charge is 2.06. The Morgan fingerprint density at radius 3 is 2.57 bits per heavy atom. The summed E-state index contributed by atoms with van der Waals surface area (Å²) in [6.07, 6.45) is -0.434. The molecule has 14 heavy (non-hydrogen) atoms. The maximum Gasteiger partial charge on any atom is 0.404 e. The molecule has 4 nitrogen and oxygen atoms in total. The lowest BCUT2D eigenvalue weighted by Crippen LogP contribution is -2.21. The molecule has 1 aromatic carbocycles. The van der Waals surface area contributed by atoms with Crippen LogP contribution in [0.4, 0.5) is 4.79 Å². The third kappa shape index (κ3) is 3.35. The van der Waals surface area contributed by atoms with Crippen molar-refractivity contribution in [1.29, 1.82) is 0 Å². The molecule has 0 heterocycles. The van der Waals surface area contributed by atoms with Crippen LogP contribution in [0.3, 0.4) is 0 Å². The third-order valence-electron chi connectivity index (χ3n) is 1.78. The fourth-order valence-electron chi connectivity index (χ4n) is 1.20. The van der Waals surface area contributed by atoms with E-state index in [0.717, 1.165) is 5.56 Å². The molecule has 0 aliphatic heterocycles. The fourth-order valence-corrected chi connectivity index (χ4v) is 1.20. The zero-order valence-electron chi connectivity index (χ0n) is 7.93. The molecule has 1 aromatic rings. The predicted octanol–water partition coefficient (Wildman–Crippen LogP) is 1.42. The number of phenols is 1. The van der Waals surface area contributed by atoms with E-state index < -0.39 is 6.09 Å². The largest absolute Gasteiger partial charge is 0.508 e. The van der Waals surface area contributed by atoms with E-state index >= 15 is 0 Å². The molecule has 1 amide bonds. The number of amides is 1. The van der Waals surface area contributed by atoms with Gasteiger partial charge < -0.3 is 15.6 Å². The molecule has 0 aliphatic rings. The lowest BCUT2D eigenvalue weighted by molar-refractivity contribution is 0.116. The summed E-state index contributed by atoms with van der Waals surface area (Å²) in [5.41, 5.74) is 5.85. The predicted molar refractivity (Wildman–Crippen MR) is 51.9 cm³/mol. The van der Waals surface area contributed by atoms with E-state index in [1.54, 1.807) is 31.2 Å². The molecule has 76 valence electrons. The Hall–Kier alpha value is -1.71. The first kappa shape index (κ1) is 10.4. The van der Waals surface area contributed by atoms with Crippen LogP contribution in [-0.2, 0) is 11.2 Å². The summed E-state index contributed by atoms with van der Waals surface area (Å²) in [7, 11) is 0. The van der Waals surface area contributed by atoms with Gasteiger partial charge in [-0.25, -0.2) is 4.79 Å². The van der Waals surface area contributed by atoms with Crippen LogP contribution in [-0.4, -0.2) is 17.3 Å². The van der Waals surface area contributed by atoms with Gasteiger partial charge >= 0.3 is 6.09 Å². The summed E-state index contributed by atoms with van der Waals surface area (Å²) in [5.74, 6) is 0.220. The minimum absolute atomic E-state index is 0.220. The Balaban J connectivity index is 2.51. The van der Waals surface area contributed by atoms with Crippen molar-refractivity contribution in [3.63, 3.8) is 0 Å². The van der Waals surface area contributed by atoms with Crippen molar-refractivity contribution < 1.29 is 14.6 Å². The summed E-state index contributed by atoms with van der Waals surface area (Å²) < 4.78 is 4.76. The van der Waals surface area contributed by atoms with Gasteiger partial charge in [0, 0.05) is 6.42 Å². The van der Waals surface area contributed by atoms with Gasteiger partial charge in [-0.3, -0.25) is 0 Å². The van der Waals surface area contributed by atoms with E-state index in [4.69, 9.17) is 15.6 Å². The van der Waals surface area contributed by atoms with Gasteiger partial charge in [0.25, 0.3) is 0 Å². The molecule has 0 unspecified atom stereocenters. The van der Waals surface area contributed by atoms with Gasteiger partial charge in [-0.15, -0.1) is 0 Å². The lowest BCUT2D eigenvalue weighted by atomic mass is 10.1. The van der Waals surface area contributed by atoms with Gasteiger partial charge in [-0.2, -0.15) is 0 Å². The van der Waals surface area contributed by atoms with E-state index in [1.807, 2.05) is 0 Å². The molecule has 0 radical (unpaired) electrons. The number of primary amides is 1. The molecular formula is C10H13NO3. The summed E-state index contributed by atoms with van der Waals surface area (Å²) >= 11 is 0. The van der Waals surface area contributed by atoms with E-state index in [2.05, 4.69) is 0 Å². The molecule has 3 N–H and O–H groups in total. The molecule has 0 fully saturated rings. The normalized spacial score (nSPS) is 12.1. The Labute approximate surface area is 82.3 Å². The third-order valence-corrected chi connectivity index (χ3v) is 1.78. The Morgan fingerprint density at radius 1 is 1.50 bits per heavy atom. The number of aromatic hydroxyl groups is 1. The van der Waals surface area contributed by atoms with Crippen LogP contribution in [0.5, 0.6) is 5.75 Å². The standard InChI is InChI=1S/C10H13NO3/c1-7(14-10(11)13)6-8-2-4-9(12)5-3-8/h2-5,7,12H,6H2,1H3,(H2,11,13)/t7-/m0/s1. The minimum atomic E-state index is -0.767. The smallest absolute Gasteiger partial charge is 0.404 e. The molecule has 4 heteroatoms. The first-order chi connectivity index (χ1) is 6.58. The van der Waals surface area contributed by atoms with E-state index in [0.29, 0.717) is 6.42 Å². The number of rotatable bonds is 3. The van der Waals surface area contributed by atoms with Crippen molar-refractivity contribution in [2.24, 2.45) is 5.73 Å². The first-order valence-electron chi connectivity index (χ1n) is 4.32. The lowest BCUT2D eigenvalue weighted by Gasteiger charge is -2.10. The van der Waals surface area contributed by atoms with Crippen LogP contribution >= 0.6 is 0 Å². The van der Waals surface area contributed by atoms with Crippen LogP contribution in [0.25, 0.3) is 0 Å². The second-order valence-electron chi connectivity index (χ2n) is 3.12. The molecule has 0 saturated heterocycles. The fraction of sp³-hybridized carbons (Fsp3) is 0.300. The second-order valence-corrected chi connectivity index (χ2v) is 3.12. The van der Waals surface area contributed by atoms with Crippen molar-refractivity contribution in [3.8, 4) is 5.75 Å². The highest BCUT2D eigenvalue weighted by molar-refractivity contribution is 5.64. The highest BCUT2D eigenvalue weighted by atomic mass is 16.6. The topological polar surface area (TPSA) is 72.6 Å². The number of carbonyl (C=O) groups excluding carboxylic acids is 1. The summed E-state index contributed by atoms with van der Waals surface area (Å²) in [4.78, 5) is 10.4. The van der Waals surface area contributed by atoms with Gasteiger partial charge in [0.15, 0.2) is 0 Å². The van der Waals surface area contributed by atoms with Crippen LogP contribution in [0.1, 0.15) is 12.5 Å². The zero-order chi connectivity index (χ0) is 10.6. The van der Waals surface area contributed by atoms with Crippen molar-refractivity contribution in [3.05, 3.63) is 29.8 Å². The molecule has 0 saturated carbocycles. The number of hydrogen-bond acceptors (Lipinski definition) is 3. The number of benzene rings is 1. The van der Waals surface area contributed by atoms with Gasteiger partial charge in [0.05, 0.1) is 0 Å². The maximum absolute atomic E-state index is 10.4. The summed E-state index contributed by atoms with van der Waals surface area (Å²) in [6.45, 7) is 1.76. The summed E-state index contributed by atoms with van der Waals surface area (Å²) in [5, 5.41) is 9.03. The minimum Gasteiger partial charge on any atom is -0.508 e. The van der Waals surface area contributed by atoms with Crippen molar-refractivity contribution >= 4 is 6.09 Å². The van der Waals surface area contributed by atoms with E-state index in [9.17, 15) is 4.79 Å². The number of hydrogen-bond donors (Lipinski definition) is 2. The number of phenolic OH excluding ortho intramolecular Hbond substituents is 1. The highest BCUT2D eigenvalue weighted by Crippen LogP contribution is 2.12. The maximum atomic E-state index is 10.4. The SMILES string of the molecule is C[C@@H](Cc1ccc(O)cc1)OC(N)=O. The van der Waals surface area contributed by atoms with Crippen LogP contribution in [0.15, 0.2) is 24.3 Å². The van der Waals surface area contributed by atoms with Gasteiger partial charge in [0.1, 0.15) is 11.9 Å². The van der Waals surface area contributed by atoms with E-state index in [-0.39, 0.29) is 11.9 Å². The molecule has 1 atom stereocenters. The molecule has 0 aliphatic carbocycles. The first-order valence-corrected chi connectivity index (χ1v) is 4.32. The molecule has 0 spiro atoms. The van der Waals surface area contributed by atoms with Crippen molar-refractivity contribution in [2.75, 3.05) is 0 Å². The molecule has 1 rings (SSSR count). The average molecular weight is 195 g/mol. The summed E-state index contributed by atoms with van der Waals surface area (Å²) in [6, 6.07) is 6.73. The van der Waals surface area contributed by atoms with Gasteiger partial charge in [-0.05, 0) is 24.6 Å². The Morgan fingerprint density at radius 2 is 2.07 bits per heavy atom. The molecule has 0 aromatic heterocycles. The van der Waals surface area contributed by atoms with Crippen molar-refractivity contribution in [2.45, 2.75) is 19.4 Å². The van der Waals surface area contributed by atoms with E-state index in [1.165, 1.54) is 0 Å². The monoisotopic (exact) mass is 195 g/mol. The van der Waals surface area contributed by atoms with Gasteiger partial charge in [-0.1, -0.05) is 12.1 Å². The Kier molecular flexibility index (Phi) is 3.34. The number of carbonyl (C=O) groups is 1. The quantitative estimate of drug-likeness (QED) is 0.766. The van der Waals surface area contributed by atoms with Crippen LogP contribution in [0, 0.1) is 0 Å². The second kappa shape index (κ2) is 4.50. The van der Waals surface area contributed by atoms with Crippen LogP contribution < -0.4 is 5.73 Å². The average Bonchev–Trinajstić information content (AvgIpc) is 2.07. The van der Waals surface area contributed by atoms with Gasteiger partial charge in [0.2, 0.25) is 0 Å².